The van der Waals surface area contributed by atoms with E-state index in [-0.39, 0.29) is 33.4 Å². The van der Waals surface area contributed by atoms with Gasteiger partial charge in [0.2, 0.25) is 10.0 Å². The Morgan fingerprint density at radius 2 is 1.92 bits per heavy atom. The number of amidine groups is 1. The van der Waals surface area contributed by atoms with Crippen LogP contribution in [0.3, 0.4) is 0 Å². The lowest BCUT2D eigenvalue weighted by Gasteiger charge is -2.36. The summed E-state index contributed by atoms with van der Waals surface area (Å²) in [5, 5.41) is 22.7. The van der Waals surface area contributed by atoms with Crippen molar-refractivity contribution in [1.29, 1.82) is 0 Å². The zero-order chi connectivity index (χ0) is 27.5. The summed E-state index contributed by atoms with van der Waals surface area (Å²) in [6.07, 6.45) is 3.57. The molecule has 1 aliphatic heterocycles. The van der Waals surface area contributed by atoms with E-state index in [1.807, 2.05) is 4.72 Å². The molecule has 1 saturated carbocycles. The van der Waals surface area contributed by atoms with E-state index in [0.717, 1.165) is 25.3 Å². The van der Waals surface area contributed by atoms with E-state index in [1.165, 1.54) is 12.1 Å². The molecule has 38 heavy (non-hydrogen) atoms. The molecule has 0 aromatic heterocycles. The number of fused-ring (bicyclic) bond motifs is 2. The Balaban J connectivity index is 1.54. The Morgan fingerprint density at radius 1 is 1.21 bits per heavy atom. The van der Waals surface area contributed by atoms with E-state index in [4.69, 9.17) is 5.11 Å². The predicted octanol–water partition coefficient (Wildman–Crippen LogP) is 3.03. The minimum Gasteiger partial charge on any atom is -0.506 e. The number of aliphatic hydroxyl groups is 1. The van der Waals surface area contributed by atoms with Gasteiger partial charge >= 0.3 is 5.97 Å². The molecule has 1 atom stereocenters. The Hall–Kier alpha value is -3.71. The molecule has 1 heterocycles. The molecule has 5 rings (SSSR count). The fourth-order valence-corrected chi connectivity index (χ4v) is 6.92. The molecule has 2 aliphatic carbocycles. The molecule has 2 aromatic rings. The van der Waals surface area contributed by atoms with Crippen LogP contribution in [0.15, 0.2) is 57.3 Å². The number of carbonyl (C=O) groups is 2. The van der Waals surface area contributed by atoms with Crippen LogP contribution in [0, 0.1) is 5.92 Å². The monoisotopic (exact) mass is 559 g/mol. The minimum atomic E-state index is -4.44. The standard InChI is InChI=1S/C25H25N3O8S2/c1-25(11-10-14-6-7-14)17-5-3-2-4-16(17)22(31)21(23(25)32)24-26-18-9-8-15(12-19(18)38(35,36)28-24)27-37(33,34)13-20(29)30/h2-5,8-9,12,14,27,31H,6-7,10-11,13H2,1H3,(H,26,28)(H,29,30). The van der Waals surface area contributed by atoms with Crippen molar-refractivity contribution in [2.75, 3.05) is 15.8 Å². The first-order chi connectivity index (χ1) is 17.8. The van der Waals surface area contributed by atoms with Crippen molar-refractivity contribution >= 4 is 54.8 Å². The quantitative estimate of drug-likeness (QED) is 0.378. The topological polar surface area (TPSA) is 179 Å². The van der Waals surface area contributed by atoms with Crippen LogP contribution >= 0.6 is 0 Å². The van der Waals surface area contributed by atoms with Gasteiger partial charge in [0.1, 0.15) is 16.2 Å². The molecule has 0 spiro atoms. The van der Waals surface area contributed by atoms with Gasteiger partial charge < -0.3 is 15.5 Å². The van der Waals surface area contributed by atoms with Crippen LogP contribution in [0.25, 0.3) is 5.76 Å². The number of hydrogen-bond acceptors (Lipinski definition) is 8. The van der Waals surface area contributed by atoms with Crippen molar-refractivity contribution in [3.05, 3.63) is 59.2 Å². The molecule has 0 amide bonds. The molecule has 1 unspecified atom stereocenters. The Morgan fingerprint density at radius 3 is 2.61 bits per heavy atom. The molecule has 1 fully saturated rings. The fraction of sp³-hybridized carbons (Fsp3) is 0.320. The van der Waals surface area contributed by atoms with Crippen LogP contribution in [0.1, 0.15) is 43.7 Å². The number of hydrogen-bond donors (Lipinski definition) is 4. The van der Waals surface area contributed by atoms with Crippen molar-refractivity contribution in [1.82, 2.24) is 0 Å². The highest BCUT2D eigenvalue weighted by Gasteiger charge is 2.47. The van der Waals surface area contributed by atoms with Crippen LogP contribution in [0.5, 0.6) is 0 Å². The third kappa shape index (κ3) is 4.67. The number of rotatable bonds is 8. The number of nitrogens with one attached hydrogen (secondary N) is 2. The van der Waals surface area contributed by atoms with E-state index >= 15 is 0 Å². The van der Waals surface area contributed by atoms with Gasteiger partial charge in [-0.15, -0.1) is 4.40 Å². The largest absolute Gasteiger partial charge is 0.506 e. The first-order valence-corrected chi connectivity index (χ1v) is 15.0. The summed E-state index contributed by atoms with van der Waals surface area (Å²) in [5.74, 6) is -3.38. The van der Waals surface area contributed by atoms with Gasteiger partial charge in [0.05, 0.1) is 16.8 Å². The van der Waals surface area contributed by atoms with E-state index in [0.29, 0.717) is 23.5 Å². The van der Waals surface area contributed by atoms with Gasteiger partial charge in [0.25, 0.3) is 10.0 Å². The number of carbonyl (C=O) groups excluding carboxylic acids is 1. The third-order valence-corrected chi connectivity index (χ3v) is 9.53. The highest BCUT2D eigenvalue weighted by molar-refractivity contribution is 7.93. The van der Waals surface area contributed by atoms with Gasteiger partial charge in [-0.25, -0.2) is 8.42 Å². The second-order valence-electron chi connectivity index (χ2n) is 9.92. The number of carboxylic acids is 1. The maximum atomic E-state index is 13.9. The zero-order valence-electron chi connectivity index (χ0n) is 20.3. The van der Waals surface area contributed by atoms with Crippen LogP contribution in [-0.2, 0) is 35.1 Å². The average Bonchev–Trinajstić information content (AvgIpc) is 3.65. The van der Waals surface area contributed by atoms with E-state index in [2.05, 4.69) is 9.71 Å². The summed E-state index contributed by atoms with van der Waals surface area (Å²) in [4.78, 5) is 24.3. The lowest BCUT2D eigenvalue weighted by Crippen LogP contribution is -2.42. The molecule has 0 saturated heterocycles. The first kappa shape index (κ1) is 25.9. The Bertz CT molecular complexity index is 1660. The van der Waals surface area contributed by atoms with Crippen LogP contribution in [-0.4, -0.2) is 50.4 Å². The first-order valence-electron chi connectivity index (χ1n) is 11.9. The van der Waals surface area contributed by atoms with Gasteiger partial charge in [-0.1, -0.05) is 37.1 Å². The van der Waals surface area contributed by atoms with Gasteiger partial charge in [-0.2, -0.15) is 8.42 Å². The lowest BCUT2D eigenvalue weighted by atomic mass is 9.67. The number of aliphatic carboxylic acids is 1. The molecular weight excluding hydrogens is 534 g/mol. The van der Waals surface area contributed by atoms with E-state index < -0.39 is 43.0 Å². The SMILES string of the molecule is CC1(CCC2CC2)C(=O)C(C2=NS(=O)(=O)c3cc(NS(=O)(=O)CC(=O)O)ccc3N2)=C(O)c2ccccc21. The minimum absolute atomic E-state index is 0.0165. The van der Waals surface area contributed by atoms with Crippen LogP contribution < -0.4 is 10.0 Å². The van der Waals surface area contributed by atoms with Gasteiger partial charge in [0, 0.05) is 5.56 Å². The average molecular weight is 560 g/mol. The number of ketones is 1. The second-order valence-corrected chi connectivity index (χ2v) is 13.2. The highest BCUT2D eigenvalue weighted by atomic mass is 32.2. The number of sulfonamides is 2. The molecule has 0 radical (unpaired) electrons. The number of Topliss-reactive ketones (excluding diaryl/α,β-unsaturated/α-hetero) is 1. The maximum absolute atomic E-state index is 13.9. The number of benzene rings is 2. The summed E-state index contributed by atoms with van der Waals surface area (Å²) in [6.45, 7) is 1.80. The molecule has 0 bridgehead atoms. The van der Waals surface area contributed by atoms with Crippen molar-refractivity contribution in [2.45, 2.75) is 42.9 Å². The summed E-state index contributed by atoms with van der Waals surface area (Å²) in [7, 11) is -8.72. The molecule has 13 heteroatoms. The van der Waals surface area contributed by atoms with Crippen LogP contribution in [0.2, 0.25) is 0 Å². The van der Waals surface area contributed by atoms with Crippen molar-refractivity contribution in [2.24, 2.45) is 10.3 Å². The molecular formula is C25H25N3O8S2. The maximum Gasteiger partial charge on any atom is 0.320 e. The number of anilines is 2. The highest BCUT2D eigenvalue weighted by Crippen LogP contribution is 2.46. The fourth-order valence-electron chi connectivity index (χ4n) is 4.89. The normalized spacial score (nSPS) is 22.1. The summed E-state index contributed by atoms with van der Waals surface area (Å²) >= 11 is 0. The lowest BCUT2D eigenvalue weighted by molar-refractivity contribution is -0.134. The van der Waals surface area contributed by atoms with Crippen molar-refractivity contribution in [3.8, 4) is 0 Å². The molecule has 4 N–H and O–H groups in total. The Labute approximate surface area is 219 Å². The summed E-state index contributed by atoms with van der Waals surface area (Å²) < 4.78 is 56.1. The smallest absolute Gasteiger partial charge is 0.320 e. The van der Waals surface area contributed by atoms with Crippen LogP contribution in [0.4, 0.5) is 11.4 Å². The Kier molecular flexibility index (Phi) is 6.10. The molecule has 2 aromatic carbocycles. The number of aliphatic hydroxyl groups excluding tert-OH is 1. The van der Waals surface area contributed by atoms with E-state index in [9.17, 15) is 31.5 Å². The second kappa shape index (κ2) is 8.95. The van der Waals surface area contributed by atoms with E-state index in [1.54, 1.807) is 31.2 Å². The number of nitrogens with zero attached hydrogens (tertiary/aromatic N) is 1. The van der Waals surface area contributed by atoms with Crippen molar-refractivity contribution < 1.29 is 36.6 Å². The van der Waals surface area contributed by atoms with Gasteiger partial charge in [0.15, 0.2) is 17.4 Å². The molecule has 11 nitrogen and oxygen atoms in total. The van der Waals surface area contributed by atoms with Gasteiger partial charge in [-0.05, 0) is 49.4 Å². The zero-order valence-corrected chi connectivity index (χ0v) is 21.9. The summed E-state index contributed by atoms with van der Waals surface area (Å²) in [6, 6.07) is 10.5. The predicted molar refractivity (Wildman–Crippen MR) is 140 cm³/mol. The van der Waals surface area contributed by atoms with Crippen molar-refractivity contribution in [3.63, 3.8) is 0 Å². The molecule has 200 valence electrons. The summed E-state index contributed by atoms with van der Waals surface area (Å²) in [5.41, 5.74) is -0.292. The van der Waals surface area contributed by atoms with Gasteiger partial charge in [-0.3, -0.25) is 14.3 Å². The third-order valence-electron chi connectivity index (χ3n) is 7.04. The molecule has 3 aliphatic rings. The number of carboxylic acid groups (broad SMARTS) is 1.